The first-order valence-corrected chi connectivity index (χ1v) is 6.99. The smallest absolute Gasteiger partial charge is 0.132 e. The van der Waals surface area contributed by atoms with E-state index in [2.05, 4.69) is 22.2 Å². The van der Waals surface area contributed by atoms with Crippen LogP contribution in [-0.2, 0) is 0 Å². The van der Waals surface area contributed by atoms with Gasteiger partial charge in [-0.3, -0.25) is 0 Å². The molecule has 0 fully saturated rings. The van der Waals surface area contributed by atoms with E-state index in [1.807, 2.05) is 25.1 Å². The van der Waals surface area contributed by atoms with Gasteiger partial charge in [0.05, 0.1) is 25.5 Å². The van der Waals surface area contributed by atoms with E-state index in [-0.39, 0.29) is 0 Å². The van der Waals surface area contributed by atoms with E-state index in [4.69, 9.17) is 9.47 Å². The summed E-state index contributed by atoms with van der Waals surface area (Å²) in [6.07, 6.45) is 2.60. The highest BCUT2D eigenvalue weighted by molar-refractivity contribution is 5.78. The predicted molar refractivity (Wildman–Crippen MR) is 84.1 cm³/mol. The highest BCUT2D eigenvalue weighted by atomic mass is 16.5. The van der Waals surface area contributed by atoms with E-state index in [0.717, 1.165) is 47.1 Å². The largest absolute Gasteiger partial charge is 0.496 e. The molecular weight excluding hydrogens is 266 g/mol. The number of methoxy groups -OCH3 is 2. The summed E-state index contributed by atoms with van der Waals surface area (Å²) in [5.41, 5.74) is 2.65. The lowest BCUT2D eigenvalue weighted by molar-refractivity contribution is 0.397. The number of hydrogen-bond donors (Lipinski definition) is 1. The van der Waals surface area contributed by atoms with Gasteiger partial charge in [0.25, 0.3) is 0 Å². The molecule has 5 heteroatoms. The zero-order valence-corrected chi connectivity index (χ0v) is 12.9. The minimum absolute atomic E-state index is 0.734. The first-order chi connectivity index (χ1) is 10.2. The van der Waals surface area contributed by atoms with Gasteiger partial charge in [-0.05, 0) is 25.5 Å². The van der Waals surface area contributed by atoms with Crippen LogP contribution >= 0.6 is 0 Å². The second-order valence-corrected chi connectivity index (χ2v) is 4.66. The number of anilines is 1. The SMILES string of the molecule is CCCNc1ncnc(-c2c(OC)cccc2OC)c1C. The van der Waals surface area contributed by atoms with Crippen molar-refractivity contribution >= 4 is 5.82 Å². The van der Waals surface area contributed by atoms with Crippen LogP contribution in [0.2, 0.25) is 0 Å². The molecule has 1 aromatic heterocycles. The molecule has 0 radical (unpaired) electrons. The van der Waals surface area contributed by atoms with Gasteiger partial charge in [0, 0.05) is 12.1 Å². The number of aromatic nitrogens is 2. The molecular formula is C16H21N3O2. The summed E-state index contributed by atoms with van der Waals surface area (Å²) in [4.78, 5) is 8.73. The normalized spacial score (nSPS) is 10.3. The molecule has 5 nitrogen and oxygen atoms in total. The van der Waals surface area contributed by atoms with Crippen molar-refractivity contribution in [3.05, 3.63) is 30.1 Å². The molecule has 0 spiro atoms. The quantitative estimate of drug-likeness (QED) is 0.883. The maximum absolute atomic E-state index is 5.46. The lowest BCUT2D eigenvalue weighted by Crippen LogP contribution is -2.06. The Morgan fingerprint density at radius 2 is 1.76 bits per heavy atom. The fourth-order valence-corrected chi connectivity index (χ4v) is 2.21. The van der Waals surface area contributed by atoms with Crippen molar-refractivity contribution in [3.8, 4) is 22.8 Å². The van der Waals surface area contributed by atoms with E-state index in [0.29, 0.717) is 0 Å². The lowest BCUT2D eigenvalue weighted by atomic mass is 10.0. The van der Waals surface area contributed by atoms with Gasteiger partial charge in [-0.15, -0.1) is 0 Å². The zero-order valence-electron chi connectivity index (χ0n) is 12.9. The Balaban J connectivity index is 2.56. The Kier molecular flexibility index (Phi) is 4.98. The van der Waals surface area contributed by atoms with Gasteiger partial charge in [-0.25, -0.2) is 9.97 Å². The second-order valence-electron chi connectivity index (χ2n) is 4.66. The molecule has 1 N–H and O–H groups in total. The summed E-state index contributed by atoms with van der Waals surface area (Å²) in [5, 5.41) is 3.31. The standard InChI is InChI=1S/C16H21N3O2/c1-5-9-17-16-11(2)15(18-10-19-16)14-12(20-3)7-6-8-13(14)21-4/h6-8,10H,5,9H2,1-4H3,(H,17,18,19). The predicted octanol–water partition coefficient (Wildman–Crippen LogP) is 3.29. The fraction of sp³-hybridized carbons (Fsp3) is 0.375. The van der Waals surface area contributed by atoms with Crippen LogP contribution in [0.3, 0.4) is 0 Å². The molecule has 2 rings (SSSR count). The summed E-state index contributed by atoms with van der Waals surface area (Å²) < 4.78 is 10.9. The molecule has 0 aliphatic heterocycles. The van der Waals surface area contributed by atoms with E-state index in [1.54, 1.807) is 20.5 Å². The third kappa shape index (κ3) is 3.07. The van der Waals surface area contributed by atoms with Crippen LogP contribution in [-0.4, -0.2) is 30.7 Å². The van der Waals surface area contributed by atoms with Crippen molar-refractivity contribution in [3.63, 3.8) is 0 Å². The lowest BCUT2D eigenvalue weighted by Gasteiger charge is -2.16. The first kappa shape index (κ1) is 15.1. The number of nitrogens with one attached hydrogen (secondary N) is 1. The minimum atomic E-state index is 0.734. The highest BCUT2D eigenvalue weighted by Gasteiger charge is 2.17. The van der Waals surface area contributed by atoms with Crippen molar-refractivity contribution in [2.75, 3.05) is 26.1 Å². The van der Waals surface area contributed by atoms with E-state index < -0.39 is 0 Å². The highest BCUT2D eigenvalue weighted by Crippen LogP contribution is 2.39. The monoisotopic (exact) mass is 287 g/mol. The summed E-state index contributed by atoms with van der Waals surface area (Å²) >= 11 is 0. The van der Waals surface area contributed by atoms with Crippen molar-refractivity contribution in [1.82, 2.24) is 9.97 Å². The first-order valence-electron chi connectivity index (χ1n) is 6.99. The van der Waals surface area contributed by atoms with Gasteiger partial charge in [0.1, 0.15) is 23.6 Å². The van der Waals surface area contributed by atoms with Crippen molar-refractivity contribution in [1.29, 1.82) is 0 Å². The third-order valence-electron chi connectivity index (χ3n) is 3.29. The van der Waals surface area contributed by atoms with Crippen molar-refractivity contribution < 1.29 is 9.47 Å². The van der Waals surface area contributed by atoms with Crippen LogP contribution in [0.5, 0.6) is 11.5 Å². The van der Waals surface area contributed by atoms with Crippen LogP contribution < -0.4 is 14.8 Å². The summed E-state index contributed by atoms with van der Waals surface area (Å²) in [6.45, 7) is 4.99. The Morgan fingerprint density at radius 1 is 1.10 bits per heavy atom. The molecule has 0 amide bonds. The Labute approximate surface area is 125 Å². The molecule has 0 atom stereocenters. The van der Waals surface area contributed by atoms with E-state index in [1.165, 1.54) is 0 Å². The molecule has 0 saturated heterocycles. The van der Waals surface area contributed by atoms with Crippen LogP contribution in [0.25, 0.3) is 11.3 Å². The summed E-state index contributed by atoms with van der Waals surface area (Å²) in [6, 6.07) is 5.70. The van der Waals surface area contributed by atoms with Gasteiger partial charge in [0.15, 0.2) is 0 Å². The van der Waals surface area contributed by atoms with Crippen LogP contribution in [0.4, 0.5) is 5.82 Å². The third-order valence-corrected chi connectivity index (χ3v) is 3.29. The number of nitrogens with zero attached hydrogens (tertiary/aromatic N) is 2. The minimum Gasteiger partial charge on any atom is -0.496 e. The molecule has 0 unspecified atom stereocenters. The average molecular weight is 287 g/mol. The van der Waals surface area contributed by atoms with Crippen LogP contribution in [0.15, 0.2) is 24.5 Å². The van der Waals surface area contributed by atoms with Gasteiger partial charge >= 0.3 is 0 Å². The summed E-state index contributed by atoms with van der Waals surface area (Å²) in [5.74, 6) is 2.31. The van der Waals surface area contributed by atoms with E-state index in [9.17, 15) is 0 Å². The van der Waals surface area contributed by atoms with Crippen LogP contribution in [0, 0.1) is 6.92 Å². The number of rotatable bonds is 6. The molecule has 112 valence electrons. The number of benzene rings is 1. The van der Waals surface area contributed by atoms with Gasteiger partial charge in [-0.1, -0.05) is 13.0 Å². The summed E-state index contributed by atoms with van der Waals surface area (Å²) in [7, 11) is 3.29. The maximum atomic E-state index is 5.46. The fourth-order valence-electron chi connectivity index (χ4n) is 2.21. The Bertz CT molecular complexity index is 592. The van der Waals surface area contributed by atoms with Gasteiger partial charge in [0.2, 0.25) is 0 Å². The second kappa shape index (κ2) is 6.92. The average Bonchev–Trinajstić information content (AvgIpc) is 2.53. The maximum Gasteiger partial charge on any atom is 0.132 e. The Morgan fingerprint density at radius 3 is 2.33 bits per heavy atom. The molecule has 0 aliphatic carbocycles. The molecule has 1 heterocycles. The van der Waals surface area contributed by atoms with Crippen molar-refractivity contribution in [2.24, 2.45) is 0 Å². The number of ether oxygens (including phenoxy) is 2. The van der Waals surface area contributed by atoms with Crippen molar-refractivity contribution in [2.45, 2.75) is 20.3 Å². The number of hydrogen-bond acceptors (Lipinski definition) is 5. The van der Waals surface area contributed by atoms with Gasteiger partial charge < -0.3 is 14.8 Å². The van der Waals surface area contributed by atoms with E-state index >= 15 is 0 Å². The molecule has 0 saturated carbocycles. The molecule has 0 aliphatic rings. The zero-order chi connectivity index (χ0) is 15.2. The molecule has 2 aromatic rings. The topological polar surface area (TPSA) is 56.3 Å². The molecule has 1 aromatic carbocycles. The van der Waals surface area contributed by atoms with Crippen LogP contribution in [0.1, 0.15) is 18.9 Å². The Hall–Kier alpha value is -2.30. The molecule has 21 heavy (non-hydrogen) atoms. The molecule has 0 bridgehead atoms. The van der Waals surface area contributed by atoms with Gasteiger partial charge in [-0.2, -0.15) is 0 Å².